The van der Waals surface area contributed by atoms with Crippen molar-refractivity contribution in [3.8, 4) is 5.69 Å². The van der Waals surface area contributed by atoms with Gasteiger partial charge in [0.2, 0.25) is 0 Å². The van der Waals surface area contributed by atoms with Gasteiger partial charge in [-0.1, -0.05) is 30.3 Å². The molecule has 0 radical (unpaired) electrons. The number of nitrogens with zero attached hydrogens (tertiary/aromatic N) is 2. The van der Waals surface area contributed by atoms with E-state index in [-0.39, 0.29) is 5.91 Å². The number of hydrogen-bond donors (Lipinski definition) is 2. The fraction of sp³-hybridized carbons (Fsp3) is 0.273. The lowest BCUT2D eigenvalue weighted by Crippen LogP contribution is -2.24. The van der Waals surface area contributed by atoms with E-state index >= 15 is 0 Å². The van der Waals surface area contributed by atoms with Crippen molar-refractivity contribution in [2.75, 3.05) is 0 Å². The Kier molecular flexibility index (Phi) is 5.72. The molecule has 3 aromatic rings. The number of carbonyl (C=O) groups is 1. The lowest BCUT2D eigenvalue weighted by molar-refractivity contribution is 0.0714. The van der Waals surface area contributed by atoms with E-state index in [9.17, 15) is 9.90 Å². The minimum Gasteiger partial charge on any atom is -0.390 e. The molecular weight excluding hydrogens is 338 g/mol. The Labute approximate surface area is 159 Å². The first-order chi connectivity index (χ1) is 12.9. The summed E-state index contributed by atoms with van der Waals surface area (Å²) in [6, 6.07) is 17.3. The van der Waals surface area contributed by atoms with Crippen LogP contribution < -0.4 is 5.32 Å². The van der Waals surface area contributed by atoms with E-state index in [1.54, 1.807) is 24.7 Å². The Hall–Kier alpha value is -2.92. The van der Waals surface area contributed by atoms with Gasteiger partial charge in [0.15, 0.2) is 0 Å². The maximum Gasteiger partial charge on any atom is 0.251 e. The first-order valence-electron chi connectivity index (χ1n) is 9.10. The van der Waals surface area contributed by atoms with E-state index in [0.717, 1.165) is 23.2 Å². The Morgan fingerprint density at radius 3 is 2.70 bits per heavy atom. The molecule has 0 saturated carbocycles. The highest BCUT2D eigenvalue weighted by Crippen LogP contribution is 2.16. The number of para-hydroxylation sites is 1. The summed E-state index contributed by atoms with van der Waals surface area (Å²) in [6.45, 7) is 4.00. The zero-order valence-electron chi connectivity index (χ0n) is 15.7. The van der Waals surface area contributed by atoms with Crippen molar-refractivity contribution in [3.05, 3.63) is 83.7 Å². The second kappa shape index (κ2) is 8.18. The molecule has 0 unspecified atom stereocenters. The van der Waals surface area contributed by atoms with Crippen LogP contribution >= 0.6 is 0 Å². The second-order valence-corrected chi connectivity index (χ2v) is 7.27. The zero-order valence-corrected chi connectivity index (χ0v) is 15.7. The number of rotatable bonds is 7. The number of amides is 1. The van der Waals surface area contributed by atoms with Gasteiger partial charge in [-0.05, 0) is 62.1 Å². The summed E-state index contributed by atoms with van der Waals surface area (Å²) in [4.78, 5) is 12.6. The number of benzene rings is 2. The van der Waals surface area contributed by atoms with Crippen LogP contribution in [0.25, 0.3) is 5.69 Å². The van der Waals surface area contributed by atoms with Gasteiger partial charge in [-0.3, -0.25) is 4.79 Å². The average Bonchev–Trinajstić information content (AvgIpc) is 3.19. The topological polar surface area (TPSA) is 67.2 Å². The van der Waals surface area contributed by atoms with Crippen LogP contribution in [0.1, 0.15) is 41.8 Å². The molecule has 2 N–H and O–H groups in total. The highest BCUT2D eigenvalue weighted by Gasteiger charge is 2.13. The maximum atomic E-state index is 12.6. The third kappa shape index (κ3) is 5.28. The SMILES string of the molecule is CC(C)(O)CCc1cccc(C(=O)NCc2ccccc2-n2cccn2)c1. The molecule has 3 rings (SSSR count). The maximum absolute atomic E-state index is 12.6. The summed E-state index contributed by atoms with van der Waals surface area (Å²) in [5, 5.41) is 17.1. The van der Waals surface area contributed by atoms with Gasteiger partial charge in [-0.2, -0.15) is 5.10 Å². The summed E-state index contributed by atoms with van der Waals surface area (Å²) < 4.78 is 1.79. The Morgan fingerprint density at radius 1 is 1.15 bits per heavy atom. The van der Waals surface area contributed by atoms with Crippen LogP contribution in [0.15, 0.2) is 67.0 Å². The van der Waals surface area contributed by atoms with Gasteiger partial charge >= 0.3 is 0 Å². The highest BCUT2D eigenvalue weighted by molar-refractivity contribution is 5.94. The minimum absolute atomic E-state index is 0.115. The molecule has 0 aliphatic rings. The number of hydrogen-bond acceptors (Lipinski definition) is 3. The zero-order chi connectivity index (χ0) is 19.3. The Balaban J connectivity index is 1.67. The molecule has 0 spiro atoms. The quantitative estimate of drug-likeness (QED) is 0.675. The van der Waals surface area contributed by atoms with Crippen molar-refractivity contribution in [3.63, 3.8) is 0 Å². The van der Waals surface area contributed by atoms with Crippen molar-refractivity contribution in [1.82, 2.24) is 15.1 Å². The molecular formula is C22H25N3O2. The summed E-state index contributed by atoms with van der Waals surface area (Å²) in [7, 11) is 0. The van der Waals surface area contributed by atoms with E-state index in [4.69, 9.17) is 0 Å². The summed E-state index contributed by atoms with van der Waals surface area (Å²) in [5.74, 6) is -0.115. The van der Waals surface area contributed by atoms with Crippen LogP contribution in [-0.2, 0) is 13.0 Å². The van der Waals surface area contributed by atoms with E-state index in [0.29, 0.717) is 18.5 Å². The predicted molar refractivity (Wildman–Crippen MR) is 106 cm³/mol. The standard InChI is InChI=1S/C22H25N3O2/c1-22(2,27)12-11-17-7-5-9-18(15-17)21(26)23-16-19-8-3-4-10-20(19)25-14-6-13-24-25/h3-10,13-15,27H,11-12,16H2,1-2H3,(H,23,26). The van der Waals surface area contributed by atoms with Crippen molar-refractivity contribution in [2.45, 2.75) is 38.8 Å². The molecule has 1 aromatic heterocycles. The normalized spacial score (nSPS) is 11.4. The molecule has 5 heteroatoms. The molecule has 0 atom stereocenters. The highest BCUT2D eigenvalue weighted by atomic mass is 16.3. The molecule has 27 heavy (non-hydrogen) atoms. The first-order valence-corrected chi connectivity index (χ1v) is 9.10. The Morgan fingerprint density at radius 2 is 1.96 bits per heavy atom. The Bertz CT molecular complexity index is 896. The second-order valence-electron chi connectivity index (χ2n) is 7.27. The minimum atomic E-state index is -0.714. The molecule has 140 valence electrons. The molecule has 0 fully saturated rings. The molecule has 0 bridgehead atoms. The van der Waals surface area contributed by atoms with Crippen LogP contribution in [0.2, 0.25) is 0 Å². The molecule has 0 aliphatic carbocycles. The van der Waals surface area contributed by atoms with Crippen molar-refractivity contribution in [1.29, 1.82) is 0 Å². The van der Waals surface area contributed by atoms with Gasteiger partial charge in [0.25, 0.3) is 5.91 Å². The van der Waals surface area contributed by atoms with E-state index < -0.39 is 5.60 Å². The largest absolute Gasteiger partial charge is 0.390 e. The average molecular weight is 363 g/mol. The molecule has 2 aromatic carbocycles. The summed E-state index contributed by atoms with van der Waals surface area (Å²) in [5.41, 5.74) is 2.89. The number of aliphatic hydroxyl groups is 1. The van der Waals surface area contributed by atoms with Crippen molar-refractivity contribution < 1.29 is 9.90 Å². The predicted octanol–water partition coefficient (Wildman–Crippen LogP) is 3.51. The van der Waals surface area contributed by atoms with Crippen LogP contribution in [-0.4, -0.2) is 26.4 Å². The molecule has 1 heterocycles. The van der Waals surface area contributed by atoms with Crippen LogP contribution in [0.4, 0.5) is 0 Å². The third-order valence-electron chi connectivity index (χ3n) is 4.40. The number of aromatic nitrogens is 2. The van der Waals surface area contributed by atoms with Gasteiger partial charge < -0.3 is 10.4 Å². The van der Waals surface area contributed by atoms with Gasteiger partial charge in [-0.15, -0.1) is 0 Å². The third-order valence-corrected chi connectivity index (χ3v) is 4.40. The fourth-order valence-electron chi connectivity index (χ4n) is 2.89. The van der Waals surface area contributed by atoms with Crippen molar-refractivity contribution >= 4 is 5.91 Å². The molecule has 1 amide bonds. The van der Waals surface area contributed by atoms with Gasteiger partial charge in [-0.25, -0.2) is 4.68 Å². The van der Waals surface area contributed by atoms with E-state index in [2.05, 4.69) is 10.4 Å². The van der Waals surface area contributed by atoms with Crippen LogP contribution in [0, 0.1) is 0 Å². The van der Waals surface area contributed by atoms with Crippen LogP contribution in [0.5, 0.6) is 0 Å². The van der Waals surface area contributed by atoms with Crippen LogP contribution in [0.3, 0.4) is 0 Å². The fourth-order valence-corrected chi connectivity index (χ4v) is 2.89. The first kappa shape index (κ1) is 18.9. The van der Waals surface area contributed by atoms with E-state index in [1.807, 2.05) is 60.8 Å². The smallest absolute Gasteiger partial charge is 0.251 e. The monoisotopic (exact) mass is 363 g/mol. The van der Waals surface area contributed by atoms with Gasteiger partial charge in [0.05, 0.1) is 11.3 Å². The summed E-state index contributed by atoms with van der Waals surface area (Å²) >= 11 is 0. The molecule has 0 aliphatic heterocycles. The number of carbonyl (C=O) groups excluding carboxylic acids is 1. The van der Waals surface area contributed by atoms with Gasteiger partial charge in [0, 0.05) is 24.5 Å². The van der Waals surface area contributed by atoms with E-state index in [1.165, 1.54) is 0 Å². The van der Waals surface area contributed by atoms with Crippen molar-refractivity contribution in [2.24, 2.45) is 0 Å². The molecule has 0 saturated heterocycles. The van der Waals surface area contributed by atoms with Gasteiger partial charge in [0.1, 0.15) is 0 Å². The molecule has 5 nitrogen and oxygen atoms in total. The lowest BCUT2D eigenvalue weighted by Gasteiger charge is -2.16. The summed E-state index contributed by atoms with van der Waals surface area (Å²) in [6.07, 6.45) is 4.99. The lowest BCUT2D eigenvalue weighted by atomic mass is 9.98. The number of aryl methyl sites for hydroxylation is 1. The number of nitrogens with one attached hydrogen (secondary N) is 1.